The van der Waals surface area contributed by atoms with Crippen LogP contribution in [0.4, 0.5) is 21.6 Å². The summed E-state index contributed by atoms with van der Waals surface area (Å²) in [7, 11) is 0. The van der Waals surface area contributed by atoms with Crippen LogP contribution in [0.25, 0.3) is 49.3 Å². The molecule has 0 saturated carbocycles. The number of para-hydroxylation sites is 3. The molecular weight excluding hydrogens is 595 g/mol. The highest BCUT2D eigenvalue weighted by atomic mass is 19.1. The van der Waals surface area contributed by atoms with E-state index in [1.807, 2.05) is 79.0 Å². The smallest absolute Gasteiger partial charge is 0.154 e. The molecule has 1 aliphatic rings. The van der Waals surface area contributed by atoms with Crippen LogP contribution in [0.5, 0.6) is 0 Å². The van der Waals surface area contributed by atoms with Gasteiger partial charge in [-0.15, -0.1) is 0 Å². The van der Waals surface area contributed by atoms with Crippen LogP contribution in [0, 0.1) is 0 Å². The number of anilines is 3. The molecule has 0 radical (unpaired) electrons. The van der Waals surface area contributed by atoms with Crippen LogP contribution in [-0.2, 0) is 5.41 Å². The van der Waals surface area contributed by atoms with E-state index < -0.39 is 11.6 Å². The molecule has 5 nitrogen and oxygen atoms in total. The van der Waals surface area contributed by atoms with Gasteiger partial charge >= 0.3 is 0 Å². The van der Waals surface area contributed by atoms with E-state index in [1.54, 1.807) is 12.4 Å². The molecule has 4 aromatic heterocycles. The van der Waals surface area contributed by atoms with Crippen molar-refractivity contribution in [3.8, 4) is 0 Å². The average molecular weight is 625 g/mol. The molecule has 48 heavy (non-hydrogen) atoms. The molecule has 0 fully saturated rings. The summed E-state index contributed by atoms with van der Waals surface area (Å²) in [5.74, 6) is 0.773. The molecule has 0 bridgehead atoms. The lowest BCUT2D eigenvalue weighted by Gasteiger charge is -2.42. The van der Waals surface area contributed by atoms with Gasteiger partial charge in [0.05, 0.1) is 16.9 Å². The standard InChI is InChI=1S/C42H29FN4O/c1-42(2)31-13-5-7-15-33(31)47(36-17-9-10-20-44-36)34-24-30(40-37(38(34)42)28-12-4-8-16-35(28)48-40)39(43)25-18-19-26-27-11-3-6-14-32(27)46-22-21-45-41(46)29(26)23-25/h3-24,39H,1-2H3. The molecule has 5 aromatic carbocycles. The van der Waals surface area contributed by atoms with E-state index in [2.05, 4.69) is 65.6 Å². The number of aromatic nitrogens is 3. The summed E-state index contributed by atoms with van der Waals surface area (Å²) in [6, 6.07) is 38.5. The van der Waals surface area contributed by atoms with Gasteiger partial charge in [0.15, 0.2) is 6.17 Å². The second kappa shape index (κ2) is 9.75. The van der Waals surface area contributed by atoms with Crippen LogP contribution in [0.1, 0.15) is 42.3 Å². The summed E-state index contributed by atoms with van der Waals surface area (Å²) >= 11 is 0. The van der Waals surface area contributed by atoms with Gasteiger partial charge in [-0.25, -0.2) is 14.4 Å². The molecule has 0 saturated heterocycles. The van der Waals surface area contributed by atoms with E-state index in [0.29, 0.717) is 16.7 Å². The van der Waals surface area contributed by atoms with E-state index >= 15 is 4.39 Å². The quantitative estimate of drug-likeness (QED) is 0.184. The van der Waals surface area contributed by atoms with Gasteiger partial charge in [-0.3, -0.25) is 9.30 Å². The van der Waals surface area contributed by atoms with Crippen molar-refractivity contribution < 1.29 is 8.81 Å². The van der Waals surface area contributed by atoms with Crippen molar-refractivity contribution in [1.82, 2.24) is 14.4 Å². The predicted molar refractivity (Wildman–Crippen MR) is 191 cm³/mol. The normalized spacial score (nSPS) is 14.6. The molecule has 10 rings (SSSR count). The van der Waals surface area contributed by atoms with Crippen molar-refractivity contribution in [3.63, 3.8) is 0 Å². The van der Waals surface area contributed by atoms with E-state index in [0.717, 1.165) is 66.4 Å². The number of fused-ring (bicyclic) bond motifs is 12. The molecule has 0 spiro atoms. The van der Waals surface area contributed by atoms with Gasteiger partial charge in [-0.2, -0.15) is 0 Å². The van der Waals surface area contributed by atoms with Gasteiger partial charge in [-0.1, -0.05) is 86.6 Å². The zero-order valence-electron chi connectivity index (χ0n) is 26.4. The van der Waals surface area contributed by atoms with Crippen LogP contribution in [0.3, 0.4) is 0 Å². The molecule has 230 valence electrons. The average Bonchev–Trinajstić information content (AvgIpc) is 3.78. The first-order chi connectivity index (χ1) is 23.5. The largest absolute Gasteiger partial charge is 0.456 e. The van der Waals surface area contributed by atoms with Crippen molar-refractivity contribution in [2.24, 2.45) is 0 Å². The highest BCUT2D eigenvalue weighted by Gasteiger charge is 2.41. The summed E-state index contributed by atoms with van der Waals surface area (Å²) < 4.78 is 26.3. The molecule has 1 atom stereocenters. The molecule has 0 aliphatic carbocycles. The number of pyridine rings is 2. The summed E-state index contributed by atoms with van der Waals surface area (Å²) in [6.07, 6.45) is 4.09. The van der Waals surface area contributed by atoms with Crippen molar-refractivity contribution in [2.45, 2.75) is 25.4 Å². The van der Waals surface area contributed by atoms with Gasteiger partial charge in [0, 0.05) is 51.1 Å². The lowest BCUT2D eigenvalue weighted by atomic mass is 9.71. The maximum absolute atomic E-state index is 17.6. The Labute approximate surface area is 275 Å². The third-order valence-electron chi connectivity index (χ3n) is 10.2. The molecule has 9 aromatic rings. The van der Waals surface area contributed by atoms with Gasteiger partial charge < -0.3 is 4.42 Å². The number of halogens is 1. The number of furan rings is 1. The third kappa shape index (κ3) is 3.60. The minimum absolute atomic E-state index is 0.414. The van der Waals surface area contributed by atoms with Gasteiger partial charge in [0.1, 0.15) is 22.6 Å². The first kappa shape index (κ1) is 27.1. The van der Waals surface area contributed by atoms with Crippen molar-refractivity contribution in [2.75, 3.05) is 4.90 Å². The zero-order chi connectivity index (χ0) is 32.1. The summed E-state index contributed by atoms with van der Waals surface area (Å²) in [4.78, 5) is 11.7. The van der Waals surface area contributed by atoms with Crippen molar-refractivity contribution in [3.05, 3.63) is 156 Å². The fourth-order valence-electron chi connectivity index (χ4n) is 8.03. The first-order valence-corrected chi connectivity index (χ1v) is 16.2. The Morgan fingerprint density at radius 1 is 0.708 bits per heavy atom. The molecule has 1 aliphatic heterocycles. The zero-order valence-corrected chi connectivity index (χ0v) is 26.4. The number of alkyl halides is 1. The van der Waals surface area contributed by atoms with Crippen LogP contribution in [-0.4, -0.2) is 14.4 Å². The summed E-state index contributed by atoms with van der Waals surface area (Å²) in [5.41, 5.74) is 7.98. The molecule has 6 heteroatoms. The Balaban J connectivity index is 1.28. The number of nitrogens with zero attached hydrogens (tertiary/aromatic N) is 4. The van der Waals surface area contributed by atoms with Crippen LogP contribution < -0.4 is 4.90 Å². The highest BCUT2D eigenvalue weighted by Crippen LogP contribution is 2.56. The van der Waals surface area contributed by atoms with Crippen molar-refractivity contribution in [1.29, 1.82) is 0 Å². The van der Waals surface area contributed by atoms with Crippen LogP contribution in [0.2, 0.25) is 0 Å². The number of rotatable bonds is 3. The fraction of sp³-hybridized carbons (Fsp3) is 0.0952. The molecule has 5 heterocycles. The second-order valence-corrected chi connectivity index (χ2v) is 13.1. The lowest BCUT2D eigenvalue weighted by Crippen LogP contribution is -2.31. The number of hydrogen-bond acceptors (Lipinski definition) is 4. The van der Waals surface area contributed by atoms with Gasteiger partial charge in [-0.05, 0) is 64.5 Å². The van der Waals surface area contributed by atoms with Crippen LogP contribution >= 0.6 is 0 Å². The highest BCUT2D eigenvalue weighted by molar-refractivity contribution is 6.13. The number of imidazole rings is 1. The van der Waals surface area contributed by atoms with E-state index in [-0.39, 0.29) is 0 Å². The third-order valence-corrected chi connectivity index (χ3v) is 10.2. The molecule has 0 amide bonds. The minimum Gasteiger partial charge on any atom is -0.456 e. The Morgan fingerprint density at radius 2 is 1.50 bits per heavy atom. The second-order valence-electron chi connectivity index (χ2n) is 13.1. The van der Waals surface area contributed by atoms with E-state index in [4.69, 9.17) is 14.4 Å². The maximum atomic E-state index is 17.6. The monoisotopic (exact) mass is 624 g/mol. The minimum atomic E-state index is -1.48. The van der Waals surface area contributed by atoms with Gasteiger partial charge in [0.25, 0.3) is 0 Å². The van der Waals surface area contributed by atoms with Crippen molar-refractivity contribution >= 4 is 66.5 Å². The topological polar surface area (TPSA) is 46.6 Å². The predicted octanol–water partition coefficient (Wildman–Crippen LogP) is 11.1. The fourth-order valence-corrected chi connectivity index (χ4v) is 8.03. The Hall–Kier alpha value is -6.01. The first-order valence-electron chi connectivity index (χ1n) is 16.2. The molecule has 1 unspecified atom stereocenters. The molecule has 0 N–H and O–H groups in total. The van der Waals surface area contributed by atoms with E-state index in [1.165, 1.54) is 5.56 Å². The maximum Gasteiger partial charge on any atom is 0.154 e. The number of hydrogen-bond donors (Lipinski definition) is 0. The summed E-state index contributed by atoms with van der Waals surface area (Å²) in [6.45, 7) is 4.50. The Morgan fingerprint density at radius 3 is 2.38 bits per heavy atom. The SMILES string of the molecule is CC1(C)c2ccccc2N(c2ccccn2)c2cc(C(F)c3ccc4c5ccccc5n5ccnc5c4c3)c3oc4ccccc4c3c21. The summed E-state index contributed by atoms with van der Waals surface area (Å²) in [5, 5.41) is 4.95. The molecular formula is C42H29FN4O. The lowest BCUT2D eigenvalue weighted by molar-refractivity contribution is 0.401. The Kier molecular flexibility index (Phi) is 5.51. The van der Waals surface area contributed by atoms with Crippen LogP contribution in [0.15, 0.2) is 138 Å². The van der Waals surface area contributed by atoms with E-state index in [9.17, 15) is 0 Å². The Bertz CT molecular complexity index is 2740. The van der Waals surface area contributed by atoms with Gasteiger partial charge in [0.2, 0.25) is 0 Å². The number of benzene rings is 5.